The predicted octanol–water partition coefficient (Wildman–Crippen LogP) is 2.29. The maximum absolute atomic E-state index is 11.9. The molecule has 18 heavy (non-hydrogen) atoms. The second kappa shape index (κ2) is 4.87. The summed E-state index contributed by atoms with van der Waals surface area (Å²) in [5.74, 6) is -1.28. The molecule has 92 valence electrons. The first-order valence-electron chi connectivity index (χ1n) is 5.68. The lowest BCUT2D eigenvalue weighted by atomic mass is 9.99. The topological polar surface area (TPSA) is 66.4 Å². The monoisotopic (exact) mass is 243 g/mol. The lowest BCUT2D eigenvalue weighted by Crippen LogP contribution is -2.23. The summed E-state index contributed by atoms with van der Waals surface area (Å²) >= 11 is 0. The molecule has 0 aliphatic heterocycles. The molecule has 0 spiro atoms. The van der Waals surface area contributed by atoms with Crippen molar-refractivity contribution in [1.82, 2.24) is 5.32 Å². The van der Waals surface area contributed by atoms with E-state index in [0.29, 0.717) is 17.5 Å². The minimum absolute atomic E-state index is 0.148. The van der Waals surface area contributed by atoms with Crippen molar-refractivity contribution in [2.45, 2.75) is 6.92 Å². The average Bonchev–Trinajstić information content (AvgIpc) is 2.37. The molecule has 0 atom stereocenters. The van der Waals surface area contributed by atoms with Crippen LogP contribution in [0.2, 0.25) is 0 Å². The first-order valence-corrected chi connectivity index (χ1v) is 5.68. The molecule has 0 aliphatic carbocycles. The van der Waals surface area contributed by atoms with Crippen LogP contribution in [0.25, 0.3) is 10.8 Å². The number of carbonyl (C=O) groups excluding carboxylic acids is 1. The van der Waals surface area contributed by atoms with Crippen molar-refractivity contribution in [3.63, 3.8) is 0 Å². The summed E-state index contributed by atoms with van der Waals surface area (Å²) in [7, 11) is 0. The molecule has 2 rings (SSSR count). The molecule has 1 amide bonds. The highest BCUT2D eigenvalue weighted by Gasteiger charge is 2.15. The Bertz CT molecular complexity index is 614. The van der Waals surface area contributed by atoms with Crippen molar-refractivity contribution in [2.75, 3.05) is 6.54 Å². The summed E-state index contributed by atoms with van der Waals surface area (Å²) in [5.41, 5.74) is 0.543. The van der Waals surface area contributed by atoms with E-state index >= 15 is 0 Å². The van der Waals surface area contributed by atoms with Gasteiger partial charge in [0.25, 0.3) is 5.91 Å². The van der Waals surface area contributed by atoms with Crippen LogP contribution in [0.1, 0.15) is 27.6 Å². The highest BCUT2D eigenvalue weighted by atomic mass is 16.4. The molecular formula is C14H13NO3. The zero-order valence-corrected chi connectivity index (χ0v) is 9.93. The van der Waals surface area contributed by atoms with Gasteiger partial charge in [-0.3, -0.25) is 4.79 Å². The Morgan fingerprint density at radius 2 is 1.72 bits per heavy atom. The molecule has 0 radical (unpaired) electrons. The third kappa shape index (κ3) is 2.05. The highest BCUT2D eigenvalue weighted by molar-refractivity contribution is 6.14. The smallest absolute Gasteiger partial charge is 0.336 e. The number of aromatic carboxylic acids is 1. The molecule has 0 aromatic heterocycles. The van der Waals surface area contributed by atoms with Gasteiger partial charge < -0.3 is 10.4 Å². The fourth-order valence-electron chi connectivity index (χ4n) is 1.96. The number of carboxylic acid groups (broad SMARTS) is 1. The lowest BCUT2D eigenvalue weighted by molar-refractivity contribution is 0.0699. The molecule has 0 aliphatic rings. The van der Waals surface area contributed by atoms with E-state index < -0.39 is 5.97 Å². The van der Waals surface area contributed by atoms with Crippen molar-refractivity contribution in [3.05, 3.63) is 47.5 Å². The minimum Gasteiger partial charge on any atom is -0.478 e. The van der Waals surface area contributed by atoms with Gasteiger partial charge in [0.05, 0.1) is 5.56 Å². The Morgan fingerprint density at radius 3 is 2.28 bits per heavy atom. The number of fused-ring (bicyclic) bond motifs is 1. The largest absolute Gasteiger partial charge is 0.478 e. The van der Waals surface area contributed by atoms with Crippen LogP contribution in [0.15, 0.2) is 36.4 Å². The Kier molecular flexibility index (Phi) is 3.28. The summed E-state index contributed by atoms with van der Waals surface area (Å²) in [6.45, 7) is 2.32. The molecule has 4 heteroatoms. The number of benzene rings is 2. The molecule has 0 unspecified atom stereocenters. The molecule has 0 saturated carbocycles. The zero-order chi connectivity index (χ0) is 13.1. The fraction of sp³-hybridized carbons (Fsp3) is 0.143. The van der Waals surface area contributed by atoms with Crippen LogP contribution in [-0.2, 0) is 0 Å². The molecule has 4 nitrogen and oxygen atoms in total. The van der Waals surface area contributed by atoms with Gasteiger partial charge in [0, 0.05) is 17.5 Å². The average molecular weight is 243 g/mol. The SMILES string of the molecule is CCNC(=O)c1cccc2cccc(C(=O)O)c12. The van der Waals surface area contributed by atoms with Crippen LogP contribution in [0.5, 0.6) is 0 Å². The fourth-order valence-corrected chi connectivity index (χ4v) is 1.96. The van der Waals surface area contributed by atoms with Crippen LogP contribution < -0.4 is 5.32 Å². The standard InChI is InChI=1S/C14H13NO3/c1-2-15-13(16)10-7-3-5-9-6-4-8-11(12(9)10)14(17)18/h3-8H,2H2,1H3,(H,15,16)(H,17,18). The molecule has 0 bridgehead atoms. The Hall–Kier alpha value is -2.36. The summed E-state index contributed by atoms with van der Waals surface area (Å²) in [6.07, 6.45) is 0. The van der Waals surface area contributed by atoms with Crippen LogP contribution in [0.3, 0.4) is 0 Å². The van der Waals surface area contributed by atoms with Gasteiger partial charge in [-0.05, 0) is 24.4 Å². The summed E-state index contributed by atoms with van der Waals surface area (Å²) in [5, 5.41) is 13.1. The number of hydrogen-bond acceptors (Lipinski definition) is 2. The predicted molar refractivity (Wildman–Crippen MR) is 68.9 cm³/mol. The first-order chi connectivity index (χ1) is 8.65. The maximum Gasteiger partial charge on any atom is 0.336 e. The van der Waals surface area contributed by atoms with Crippen molar-refractivity contribution in [2.24, 2.45) is 0 Å². The molecule has 0 saturated heterocycles. The van der Waals surface area contributed by atoms with Crippen molar-refractivity contribution in [1.29, 1.82) is 0 Å². The number of hydrogen-bond donors (Lipinski definition) is 2. The lowest BCUT2D eigenvalue weighted by Gasteiger charge is -2.09. The normalized spacial score (nSPS) is 10.3. The second-order valence-corrected chi connectivity index (χ2v) is 3.87. The second-order valence-electron chi connectivity index (χ2n) is 3.87. The van der Waals surface area contributed by atoms with Gasteiger partial charge in [-0.2, -0.15) is 0 Å². The van der Waals surface area contributed by atoms with Gasteiger partial charge in [-0.1, -0.05) is 24.3 Å². The van der Waals surface area contributed by atoms with Gasteiger partial charge in [-0.25, -0.2) is 4.79 Å². The van der Waals surface area contributed by atoms with E-state index in [0.717, 1.165) is 5.39 Å². The van der Waals surface area contributed by atoms with Gasteiger partial charge in [-0.15, -0.1) is 0 Å². The van der Waals surface area contributed by atoms with Gasteiger partial charge in [0.2, 0.25) is 0 Å². The number of carboxylic acids is 1. The first kappa shape index (κ1) is 12.1. The zero-order valence-electron chi connectivity index (χ0n) is 9.93. The third-order valence-corrected chi connectivity index (χ3v) is 2.72. The number of rotatable bonds is 3. The molecule has 2 aromatic carbocycles. The quantitative estimate of drug-likeness (QED) is 0.869. The Labute approximate surface area is 104 Å². The van der Waals surface area contributed by atoms with Gasteiger partial charge >= 0.3 is 5.97 Å². The number of carbonyl (C=O) groups is 2. The summed E-state index contributed by atoms with van der Waals surface area (Å²) < 4.78 is 0. The van der Waals surface area contributed by atoms with E-state index in [-0.39, 0.29) is 11.5 Å². The van der Waals surface area contributed by atoms with Gasteiger partial charge in [0.15, 0.2) is 0 Å². The molecule has 0 fully saturated rings. The molecular weight excluding hydrogens is 230 g/mol. The van der Waals surface area contributed by atoms with E-state index in [1.54, 1.807) is 30.3 Å². The minimum atomic E-state index is -1.03. The van der Waals surface area contributed by atoms with Crippen molar-refractivity contribution < 1.29 is 14.7 Å². The summed E-state index contributed by atoms with van der Waals surface area (Å²) in [6, 6.07) is 10.2. The van der Waals surface area contributed by atoms with Crippen LogP contribution in [0.4, 0.5) is 0 Å². The Morgan fingerprint density at radius 1 is 1.11 bits per heavy atom. The molecule has 2 N–H and O–H groups in total. The maximum atomic E-state index is 11.9. The van der Waals surface area contributed by atoms with Crippen molar-refractivity contribution >= 4 is 22.6 Å². The van der Waals surface area contributed by atoms with E-state index in [9.17, 15) is 14.7 Å². The van der Waals surface area contributed by atoms with Crippen LogP contribution in [-0.4, -0.2) is 23.5 Å². The highest BCUT2D eigenvalue weighted by Crippen LogP contribution is 2.23. The van der Waals surface area contributed by atoms with Crippen LogP contribution in [0, 0.1) is 0 Å². The van der Waals surface area contributed by atoms with E-state index in [1.165, 1.54) is 6.07 Å². The Balaban J connectivity index is 2.73. The number of amides is 1. The number of nitrogens with one attached hydrogen (secondary N) is 1. The van der Waals surface area contributed by atoms with E-state index in [4.69, 9.17) is 0 Å². The third-order valence-electron chi connectivity index (χ3n) is 2.72. The molecule has 2 aromatic rings. The van der Waals surface area contributed by atoms with Crippen LogP contribution >= 0.6 is 0 Å². The molecule has 0 heterocycles. The van der Waals surface area contributed by atoms with E-state index in [2.05, 4.69) is 5.32 Å². The van der Waals surface area contributed by atoms with Gasteiger partial charge in [0.1, 0.15) is 0 Å². The van der Waals surface area contributed by atoms with E-state index in [1.807, 2.05) is 6.92 Å². The summed E-state index contributed by atoms with van der Waals surface area (Å²) in [4.78, 5) is 23.1. The van der Waals surface area contributed by atoms with Crippen molar-refractivity contribution in [3.8, 4) is 0 Å².